The first-order chi connectivity index (χ1) is 12.5. The number of hydrogen-bond donors (Lipinski definition) is 1. The third-order valence-electron chi connectivity index (χ3n) is 4.33. The van der Waals surface area contributed by atoms with Gasteiger partial charge in [-0.3, -0.25) is 14.4 Å². The second-order valence-corrected chi connectivity index (χ2v) is 6.50. The molecule has 2 aromatic carbocycles. The fourth-order valence-corrected chi connectivity index (χ4v) is 2.99. The Morgan fingerprint density at radius 1 is 1.12 bits per heavy atom. The summed E-state index contributed by atoms with van der Waals surface area (Å²) < 4.78 is 5.17. The van der Waals surface area contributed by atoms with E-state index in [9.17, 15) is 14.4 Å². The van der Waals surface area contributed by atoms with Gasteiger partial charge in [-0.25, -0.2) is 0 Å². The lowest BCUT2D eigenvalue weighted by Crippen LogP contribution is -2.41. The number of carbonyl (C=O) groups is 3. The van der Waals surface area contributed by atoms with Gasteiger partial charge in [-0.1, -0.05) is 42.8 Å². The molecule has 2 aromatic rings. The van der Waals surface area contributed by atoms with Crippen molar-refractivity contribution in [2.75, 3.05) is 11.9 Å². The average molecular weight is 372 g/mol. The van der Waals surface area contributed by atoms with Gasteiger partial charge in [0.1, 0.15) is 0 Å². The van der Waals surface area contributed by atoms with Gasteiger partial charge in [0.05, 0.1) is 12.3 Å². The van der Waals surface area contributed by atoms with Crippen molar-refractivity contribution in [3.63, 3.8) is 0 Å². The molecule has 1 amide bonds. The maximum atomic E-state index is 12.5. The van der Waals surface area contributed by atoms with E-state index in [-0.39, 0.29) is 12.2 Å². The second-order valence-electron chi connectivity index (χ2n) is 6.06. The van der Waals surface area contributed by atoms with Gasteiger partial charge in [-0.2, -0.15) is 0 Å². The molecule has 26 heavy (non-hydrogen) atoms. The minimum absolute atomic E-state index is 0.106. The quantitative estimate of drug-likeness (QED) is 0.645. The molecule has 134 valence electrons. The summed E-state index contributed by atoms with van der Waals surface area (Å²) in [7, 11) is 0. The van der Waals surface area contributed by atoms with Crippen molar-refractivity contribution < 1.29 is 19.1 Å². The number of esters is 1. The molecule has 1 aliphatic heterocycles. The summed E-state index contributed by atoms with van der Waals surface area (Å²) in [4.78, 5) is 36.9. The van der Waals surface area contributed by atoms with Crippen LogP contribution in [0, 0.1) is 5.92 Å². The fourth-order valence-electron chi connectivity index (χ4n) is 2.82. The van der Waals surface area contributed by atoms with Crippen molar-refractivity contribution in [2.45, 2.75) is 19.8 Å². The minimum Gasteiger partial charge on any atom is -0.464 e. The maximum absolute atomic E-state index is 12.5. The predicted octanol–water partition coefficient (Wildman–Crippen LogP) is 3.44. The van der Waals surface area contributed by atoms with Gasteiger partial charge in [0.15, 0.2) is 11.7 Å². The number of amides is 1. The second kappa shape index (κ2) is 7.70. The Labute approximate surface area is 156 Å². The number of Topliss-reactive ketones (excluding diaryl/α,β-unsaturated/α-hetero) is 1. The van der Waals surface area contributed by atoms with E-state index in [2.05, 4.69) is 12.2 Å². The Morgan fingerprint density at radius 3 is 2.50 bits per heavy atom. The van der Waals surface area contributed by atoms with E-state index in [4.69, 9.17) is 16.3 Å². The molecule has 0 fully saturated rings. The SMILES string of the molecule is CCc1ccc(CCOC(=O)C2C(=O)Nc3cc(Cl)ccc3C2=O)cc1. The van der Waals surface area contributed by atoms with Gasteiger partial charge >= 0.3 is 5.97 Å². The van der Waals surface area contributed by atoms with Crippen LogP contribution in [0.1, 0.15) is 28.4 Å². The molecule has 0 bridgehead atoms. The highest BCUT2D eigenvalue weighted by atomic mass is 35.5. The molecule has 1 N–H and O–H groups in total. The number of anilines is 1. The Balaban J connectivity index is 1.63. The summed E-state index contributed by atoms with van der Waals surface area (Å²) in [5.41, 5.74) is 2.82. The van der Waals surface area contributed by atoms with Crippen LogP contribution in [0.25, 0.3) is 0 Å². The number of ketones is 1. The molecule has 0 saturated carbocycles. The fraction of sp³-hybridized carbons (Fsp3) is 0.250. The van der Waals surface area contributed by atoms with Crippen molar-refractivity contribution >= 4 is 34.9 Å². The van der Waals surface area contributed by atoms with Gasteiger partial charge in [-0.15, -0.1) is 0 Å². The Hall–Kier alpha value is -2.66. The number of benzene rings is 2. The Morgan fingerprint density at radius 2 is 1.81 bits per heavy atom. The predicted molar refractivity (Wildman–Crippen MR) is 98.4 cm³/mol. The van der Waals surface area contributed by atoms with Crippen LogP contribution in [-0.2, 0) is 27.2 Å². The van der Waals surface area contributed by atoms with Crippen LogP contribution in [0.3, 0.4) is 0 Å². The lowest BCUT2D eigenvalue weighted by Gasteiger charge is -2.22. The van der Waals surface area contributed by atoms with Crippen molar-refractivity contribution in [3.8, 4) is 0 Å². The minimum atomic E-state index is -1.48. The highest BCUT2D eigenvalue weighted by Crippen LogP contribution is 2.29. The maximum Gasteiger partial charge on any atom is 0.326 e. The zero-order valence-electron chi connectivity index (χ0n) is 14.3. The molecule has 0 spiro atoms. The van der Waals surface area contributed by atoms with Crippen LogP contribution in [0.4, 0.5) is 5.69 Å². The Bertz CT molecular complexity index is 861. The molecular formula is C20H18ClNO4. The number of carbonyl (C=O) groups excluding carboxylic acids is 3. The van der Waals surface area contributed by atoms with Crippen molar-refractivity contribution in [2.24, 2.45) is 5.92 Å². The third kappa shape index (κ3) is 3.78. The summed E-state index contributed by atoms with van der Waals surface area (Å²) in [5, 5.41) is 2.93. The standard InChI is InChI=1S/C20H18ClNO4/c1-2-12-3-5-13(6-4-12)9-10-26-20(25)17-18(23)15-8-7-14(21)11-16(15)22-19(17)24/h3-8,11,17H,2,9-10H2,1H3,(H,22,24). The van der Waals surface area contributed by atoms with Crippen LogP contribution >= 0.6 is 11.6 Å². The molecule has 1 heterocycles. The number of nitrogens with one attached hydrogen (secondary N) is 1. The molecule has 3 rings (SSSR count). The average Bonchev–Trinajstić information content (AvgIpc) is 2.62. The summed E-state index contributed by atoms with van der Waals surface area (Å²) in [6, 6.07) is 12.5. The Kier molecular flexibility index (Phi) is 5.38. The summed E-state index contributed by atoms with van der Waals surface area (Å²) in [6.45, 7) is 2.18. The van der Waals surface area contributed by atoms with Crippen LogP contribution in [0.2, 0.25) is 5.02 Å². The molecule has 1 unspecified atom stereocenters. The number of hydrogen-bond acceptors (Lipinski definition) is 4. The first kappa shape index (κ1) is 18.1. The zero-order chi connectivity index (χ0) is 18.7. The van der Waals surface area contributed by atoms with Crippen LogP contribution < -0.4 is 5.32 Å². The highest BCUT2D eigenvalue weighted by Gasteiger charge is 2.40. The van der Waals surface area contributed by atoms with Gasteiger partial charge in [0.2, 0.25) is 5.91 Å². The molecule has 0 aliphatic carbocycles. The third-order valence-corrected chi connectivity index (χ3v) is 4.57. The number of rotatable bonds is 5. The molecule has 5 nitrogen and oxygen atoms in total. The van der Waals surface area contributed by atoms with Gasteiger partial charge < -0.3 is 10.1 Å². The molecule has 1 aliphatic rings. The van der Waals surface area contributed by atoms with Crippen LogP contribution in [-0.4, -0.2) is 24.3 Å². The van der Waals surface area contributed by atoms with E-state index in [0.717, 1.165) is 12.0 Å². The lowest BCUT2D eigenvalue weighted by molar-refractivity contribution is -0.149. The molecular weight excluding hydrogens is 354 g/mol. The van der Waals surface area contributed by atoms with E-state index in [1.807, 2.05) is 24.3 Å². The van der Waals surface area contributed by atoms with E-state index in [0.29, 0.717) is 17.1 Å². The lowest BCUT2D eigenvalue weighted by atomic mass is 9.92. The smallest absolute Gasteiger partial charge is 0.326 e. The molecule has 0 saturated heterocycles. The summed E-state index contributed by atoms with van der Waals surface area (Å²) in [5.74, 6) is -3.58. The van der Waals surface area contributed by atoms with Crippen molar-refractivity contribution in [3.05, 3.63) is 64.2 Å². The summed E-state index contributed by atoms with van der Waals surface area (Å²) in [6.07, 6.45) is 1.48. The molecule has 6 heteroatoms. The van der Waals surface area contributed by atoms with Crippen LogP contribution in [0.15, 0.2) is 42.5 Å². The normalized spacial score (nSPS) is 16.0. The molecule has 0 radical (unpaired) electrons. The highest BCUT2D eigenvalue weighted by molar-refractivity contribution is 6.33. The molecule has 1 atom stereocenters. The topological polar surface area (TPSA) is 72.5 Å². The van der Waals surface area contributed by atoms with Crippen molar-refractivity contribution in [1.82, 2.24) is 0 Å². The largest absolute Gasteiger partial charge is 0.464 e. The van der Waals surface area contributed by atoms with E-state index in [1.54, 1.807) is 0 Å². The number of ether oxygens (including phenoxy) is 1. The van der Waals surface area contributed by atoms with Gasteiger partial charge in [0, 0.05) is 17.0 Å². The summed E-state index contributed by atoms with van der Waals surface area (Å²) >= 11 is 5.86. The monoisotopic (exact) mass is 371 g/mol. The van der Waals surface area contributed by atoms with Gasteiger partial charge in [0.25, 0.3) is 0 Å². The molecule has 0 aromatic heterocycles. The van der Waals surface area contributed by atoms with Crippen molar-refractivity contribution in [1.29, 1.82) is 0 Å². The first-order valence-corrected chi connectivity index (χ1v) is 8.76. The van der Waals surface area contributed by atoms with Crippen LogP contribution in [0.5, 0.6) is 0 Å². The zero-order valence-corrected chi connectivity index (χ0v) is 15.0. The number of aryl methyl sites for hydroxylation is 1. The number of fused-ring (bicyclic) bond motifs is 1. The van der Waals surface area contributed by atoms with E-state index < -0.39 is 23.6 Å². The number of halogens is 1. The van der Waals surface area contributed by atoms with Gasteiger partial charge in [-0.05, 0) is 35.7 Å². The van der Waals surface area contributed by atoms with E-state index in [1.165, 1.54) is 23.8 Å². The first-order valence-electron chi connectivity index (χ1n) is 8.38. The van der Waals surface area contributed by atoms with E-state index >= 15 is 0 Å².